The average molecular weight is 345 g/mol. The lowest BCUT2D eigenvalue weighted by atomic mass is 9.85. The average Bonchev–Trinajstić information content (AvgIpc) is 3.20. The molecule has 3 aliphatic heterocycles. The number of ether oxygens (including phenoxy) is 1. The van der Waals surface area contributed by atoms with Crippen LogP contribution in [0.5, 0.6) is 0 Å². The Kier molecular flexibility index (Phi) is 4.96. The van der Waals surface area contributed by atoms with Gasteiger partial charge < -0.3 is 9.64 Å². The number of hydrogen-bond acceptors (Lipinski definition) is 6. The second kappa shape index (κ2) is 7.35. The summed E-state index contributed by atoms with van der Waals surface area (Å²) < 4.78 is 5.39. The summed E-state index contributed by atoms with van der Waals surface area (Å²) in [5.41, 5.74) is -0.167. The molecular formula is C18H27N5O2. The van der Waals surface area contributed by atoms with Crippen LogP contribution in [0.3, 0.4) is 0 Å². The van der Waals surface area contributed by atoms with Gasteiger partial charge in [0.05, 0.1) is 25.2 Å². The van der Waals surface area contributed by atoms with Crippen molar-refractivity contribution >= 4 is 5.91 Å². The first kappa shape index (κ1) is 16.9. The number of carbonyl (C=O) groups is 1. The predicted octanol–water partition coefficient (Wildman–Crippen LogP) is 0.233. The molecule has 0 bridgehead atoms. The largest absolute Gasteiger partial charge is 0.379 e. The Hall–Kier alpha value is -1.57. The molecule has 0 radical (unpaired) electrons. The molecule has 4 heterocycles. The standard InChI is InChI=1S/C18H27N5O2/c24-17-18(2-6-22(15-18)14-16-19-4-1-5-20-16)3-7-23(17)9-8-21-10-12-25-13-11-21/h1,4-5H,2-3,6-15H2. The van der Waals surface area contributed by atoms with Crippen molar-refractivity contribution in [3.05, 3.63) is 24.3 Å². The first-order valence-electron chi connectivity index (χ1n) is 9.33. The van der Waals surface area contributed by atoms with E-state index in [0.717, 1.165) is 84.2 Å². The summed E-state index contributed by atoms with van der Waals surface area (Å²) in [6, 6.07) is 1.84. The molecule has 1 unspecified atom stereocenters. The third-order valence-electron chi connectivity index (χ3n) is 5.81. The number of aromatic nitrogens is 2. The Bertz CT molecular complexity index is 592. The second-order valence-corrected chi connectivity index (χ2v) is 7.40. The summed E-state index contributed by atoms with van der Waals surface area (Å²) in [5, 5.41) is 0. The van der Waals surface area contributed by atoms with Gasteiger partial charge in [-0.2, -0.15) is 0 Å². The van der Waals surface area contributed by atoms with Crippen LogP contribution >= 0.6 is 0 Å². The Morgan fingerprint density at radius 3 is 2.56 bits per heavy atom. The van der Waals surface area contributed by atoms with Gasteiger partial charge in [-0.15, -0.1) is 0 Å². The van der Waals surface area contributed by atoms with E-state index in [1.54, 1.807) is 12.4 Å². The maximum Gasteiger partial charge on any atom is 0.230 e. The normalized spacial score (nSPS) is 28.3. The zero-order valence-electron chi connectivity index (χ0n) is 14.8. The summed E-state index contributed by atoms with van der Waals surface area (Å²) in [6.07, 6.45) is 5.51. The second-order valence-electron chi connectivity index (χ2n) is 7.40. The minimum atomic E-state index is -0.167. The predicted molar refractivity (Wildman–Crippen MR) is 92.8 cm³/mol. The topological polar surface area (TPSA) is 61.8 Å². The van der Waals surface area contributed by atoms with Crippen molar-refractivity contribution in [1.82, 2.24) is 24.7 Å². The van der Waals surface area contributed by atoms with E-state index in [2.05, 4.69) is 24.7 Å². The summed E-state index contributed by atoms with van der Waals surface area (Å²) >= 11 is 0. The monoisotopic (exact) mass is 345 g/mol. The van der Waals surface area contributed by atoms with Crippen LogP contribution in [0.4, 0.5) is 0 Å². The van der Waals surface area contributed by atoms with Crippen LogP contribution in [0.2, 0.25) is 0 Å². The lowest BCUT2D eigenvalue weighted by Gasteiger charge is -2.29. The molecule has 1 aromatic rings. The van der Waals surface area contributed by atoms with E-state index in [1.165, 1.54) is 0 Å². The summed E-state index contributed by atoms with van der Waals surface area (Å²) in [4.78, 5) is 28.5. The number of nitrogens with zero attached hydrogens (tertiary/aromatic N) is 5. The first-order chi connectivity index (χ1) is 12.3. The molecule has 0 aromatic carbocycles. The molecule has 4 rings (SSSR count). The van der Waals surface area contributed by atoms with Crippen LogP contribution in [0, 0.1) is 5.41 Å². The maximum absolute atomic E-state index is 13.0. The van der Waals surface area contributed by atoms with Gasteiger partial charge in [0.15, 0.2) is 0 Å². The highest BCUT2D eigenvalue weighted by Gasteiger charge is 2.50. The molecule has 0 aliphatic carbocycles. The van der Waals surface area contributed by atoms with Crippen LogP contribution < -0.4 is 0 Å². The molecule has 136 valence electrons. The summed E-state index contributed by atoms with van der Waals surface area (Å²) in [5.74, 6) is 1.20. The van der Waals surface area contributed by atoms with Crippen LogP contribution in [0.1, 0.15) is 18.7 Å². The molecule has 0 N–H and O–H groups in total. The zero-order chi connectivity index (χ0) is 17.1. The summed E-state index contributed by atoms with van der Waals surface area (Å²) in [6.45, 7) is 8.86. The van der Waals surface area contributed by atoms with Gasteiger partial charge in [0.1, 0.15) is 5.82 Å². The third-order valence-corrected chi connectivity index (χ3v) is 5.81. The molecule has 1 amide bonds. The van der Waals surface area contributed by atoms with E-state index in [1.807, 2.05) is 6.07 Å². The van der Waals surface area contributed by atoms with E-state index >= 15 is 0 Å². The van der Waals surface area contributed by atoms with Gasteiger partial charge in [-0.05, 0) is 25.5 Å². The quantitative estimate of drug-likeness (QED) is 0.762. The van der Waals surface area contributed by atoms with Gasteiger partial charge in [-0.25, -0.2) is 9.97 Å². The fourth-order valence-corrected chi connectivity index (χ4v) is 4.28. The Morgan fingerprint density at radius 2 is 1.76 bits per heavy atom. The smallest absolute Gasteiger partial charge is 0.230 e. The summed E-state index contributed by atoms with van der Waals surface area (Å²) in [7, 11) is 0. The molecule has 1 aromatic heterocycles. The van der Waals surface area contributed by atoms with Crippen LogP contribution in [0.15, 0.2) is 18.5 Å². The highest BCUT2D eigenvalue weighted by Crippen LogP contribution is 2.40. The van der Waals surface area contributed by atoms with Crippen molar-refractivity contribution < 1.29 is 9.53 Å². The number of morpholine rings is 1. The highest BCUT2D eigenvalue weighted by molar-refractivity contribution is 5.85. The molecule has 1 atom stereocenters. The number of amides is 1. The highest BCUT2D eigenvalue weighted by atomic mass is 16.5. The van der Waals surface area contributed by atoms with Gasteiger partial charge in [0, 0.05) is 51.7 Å². The van der Waals surface area contributed by atoms with E-state index < -0.39 is 0 Å². The van der Waals surface area contributed by atoms with Gasteiger partial charge in [-0.1, -0.05) is 0 Å². The lowest BCUT2D eigenvalue weighted by Crippen LogP contribution is -2.43. The molecule has 1 spiro atoms. The lowest BCUT2D eigenvalue weighted by molar-refractivity contribution is -0.135. The molecule has 7 heteroatoms. The van der Waals surface area contributed by atoms with Gasteiger partial charge in [-0.3, -0.25) is 14.6 Å². The molecule has 3 aliphatic rings. The third kappa shape index (κ3) is 3.68. The van der Waals surface area contributed by atoms with Crippen LogP contribution in [-0.2, 0) is 16.1 Å². The van der Waals surface area contributed by atoms with Gasteiger partial charge in [0.2, 0.25) is 5.91 Å². The number of likely N-dealkylation sites (tertiary alicyclic amines) is 2. The van der Waals surface area contributed by atoms with Crippen molar-refractivity contribution in [3.63, 3.8) is 0 Å². The molecule has 3 saturated heterocycles. The Balaban J connectivity index is 1.30. The van der Waals surface area contributed by atoms with Crippen molar-refractivity contribution in [2.45, 2.75) is 19.4 Å². The van der Waals surface area contributed by atoms with Gasteiger partial charge >= 0.3 is 0 Å². The Morgan fingerprint density at radius 1 is 1.00 bits per heavy atom. The molecule has 0 saturated carbocycles. The molecule has 25 heavy (non-hydrogen) atoms. The first-order valence-corrected chi connectivity index (χ1v) is 9.33. The van der Waals surface area contributed by atoms with E-state index in [-0.39, 0.29) is 5.41 Å². The molecule has 7 nitrogen and oxygen atoms in total. The van der Waals surface area contributed by atoms with Crippen molar-refractivity contribution in [2.24, 2.45) is 5.41 Å². The minimum Gasteiger partial charge on any atom is -0.379 e. The maximum atomic E-state index is 13.0. The van der Waals surface area contributed by atoms with Crippen LogP contribution in [-0.4, -0.2) is 89.6 Å². The van der Waals surface area contributed by atoms with Crippen molar-refractivity contribution in [1.29, 1.82) is 0 Å². The molecular weight excluding hydrogens is 318 g/mol. The zero-order valence-corrected chi connectivity index (χ0v) is 14.8. The number of carbonyl (C=O) groups excluding carboxylic acids is 1. The molecule has 3 fully saturated rings. The fourth-order valence-electron chi connectivity index (χ4n) is 4.28. The minimum absolute atomic E-state index is 0.167. The van der Waals surface area contributed by atoms with Crippen LogP contribution in [0.25, 0.3) is 0 Å². The van der Waals surface area contributed by atoms with Gasteiger partial charge in [0.25, 0.3) is 0 Å². The van der Waals surface area contributed by atoms with E-state index in [9.17, 15) is 4.79 Å². The number of rotatable bonds is 5. The SMILES string of the molecule is O=C1N(CCN2CCOCC2)CCC12CCN(Cc1ncccn1)C2. The Labute approximate surface area is 149 Å². The van der Waals surface area contributed by atoms with Crippen molar-refractivity contribution in [3.8, 4) is 0 Å². The number of hydrogen-bond donors (Lipinski definition) is 0. The van der Waals surface area contributed by atoms with E-state index in [0.29, 0.717) is 5.91 Å². The van der Waals surface area contributed by atoms with E-state index in [4.69, 9.17) is 4.74 Å². The fraction of sp³-hybridized carbons (Fsp3) is 0.722. The van der Waals surface area contributed by atoms with Crippen molar-refractivity contribution in [2.75, 3.05) is 59.0 Å².